The lowest BCUT2D eigenvalue weighted by molar-refractivity contribution is 0.629. The van der Waals surface area contributed by atoms with Gasteiger partial charge in [0.25, 0.3) is 0 Å². The van der Waals surface area contributed by atoms with E-state index in [1.807, 2.05) is 43.4 Å². The third-order valence-corrected chi connectivity index (χ3v) is 4.87. The molecule has 118 valence electrons. The van der Waals surface area contributed by atoms with Crippen LogP contribution in [0.4, 0.5) is 4.39 Å². The van der Waals surface area contributed by atoms with Gasteiger partial charge in [-0.3, -0.25) is 0 Å². The first-order chi connectivity index (χ1) is 11.6. The van der Waals surface area contributed by atoms with Gasteiger partial charge in [-0.15, -0.1) is 0 Å². The highest BCUT2D eigenvalue weighted by atomic mass is 79.9. The van der Waals surface area contributed by atoms with Crippen LogP contribution in [0.25, 0.3) is 33.3 Å². The lowest BCUT2D eigenvalue weighted by Crippen LogP contribution is -1.92. The summed E-state index contributed by atoms with van der Waals surface area (Å²) in [7, 11) is 2.03. The smallest absolute Gasteiger partial charge is 0.123 e. The quantitative estimate of drug-likeness (QED) is 0.379. The van der Waals surface area contributed by atoms with Crippen LogP contribution >= 0.6 is 15.9 Å². The van der Waals surface area contributed by atoms with Crippen molar-refractivity contribution in [3.63, 3.8) is 0 Å². The van der Waals surface area contributed by atoms with Gasteiger partial charge in [0.1, 0.15) is 5.82 Å². The Hall–Kier alpha value is -2.39. The molecule has 0 fully saturated rings. The van der Waals surface area contributed by atoms with Crippen LogP contribution in [0.3, 0.4) is 0 Å². The molecule has 4 rings (SSSR count). The standard InChI is InChI=1S/C21H15BrFN/c1-24-19-12-11-17(23)13-18(19)20(14-7-9-16(22)10-8-14)21(24)15-5-3-2-4-6-15/h2-13H,1H3. The third kappa shape index (κ3) is 2.45. The first-order valence-corrected chi connectivity index (χ1v) is 8.54. The number of halogens is 2. The van der Waals surface area contributed by atoms with E-state index in [-0.39, 0.29) is 5.82 Å². The SMILES string of the molecule is Cn1c(-c2ccccc2)c(-c2ccc(Br)cc2)c2cc(F)ccc21. The van der Waals surface area contributed by atoms with Gasteiger partial charge in [0.15, 0.2) is 0 Å². The molecular weight excluding hydrogens is 365 g/mol. The first-order valence-electron chi connectivity index (χ1n) is 7.74. The summed E-state index contributed by atoms with van der Waals surface area (Å²) in [4.78, 5) is 0. The fraction of sp³-hybridized carbons (Fsp3) is 0.0476. The highest BCUT2D eigenvalue weighted by Crippen LogP contribution is 2.40. The third-order valence-electron chi connectivity index (χ3n) is 4.34. The van der Waals surface area contributed by atoms with E-state index in [0.29, 0.717) is 0 Å². The fourth-order valence-electron chi connectivity index (χ4n) is 3.26. The summed E-state index contributed by atoms with van der Waals surface area (Å²) in [6.45, 7) is 0. The van der Waals surface area contributed by atoms with Crippen LogP contribution in [0, 0.1) is 5.82 Å². The molecule has 4 aromatic rings. The average Bonchev–Trinajstić information content (AvgIpc) is 2.88. The Morgan fingerprint density at radius 2 is 1.54 bits per heavy atom. The Balaban J connectivity index is 2.12. The Bertz CT molecular complexity index is 1020. The van der Waals surface area contributed by atoms with Crippen LogP contribution in [-0.2, 0) is 7.05 Å². The van der Waals surface area contributed by atoms with Crippen molar-refractivity contribution < 1.29 is 4.39 Å². The predicted octanol–water partition coefficient (Wildman–Crippen LogP) is 6.41. The summed E-state index contributed by atoms with van der Waals surface area (Å²) in [6, 6.07) is 23.4. The summed E-state index contributed by atoms with van der Waals surface area (Å²) in [5.41, 5.74) is 5.38. The molecule has 0 saturated carbocycles. The second kappa shape index (κ2) is 5.91. The van der Waals surface area contributed by atoms with Gasteiger partial charge in [-0.25, -0.2) is 4.39 Å². The highest BCUT2D eigenvalue weighted by molar-refractivity contribution is 9.10. The maximum Gasteiger partial charge on any atom is 0.123 e. The minimum absolute atomic E-state index is 0.217. The summed E-state index contributed by atoms with van der Waals surface area (Å²) in [6.07, 6.45) is 0. The van der Waals surface area contributed by atoms with Crippen molar-refractivity contribution in [3.8, 4) is 22.4 Å². The molecule has 0 atom stereocenters. The van der Waals surface area contributed by atoms with E-state index < -0.39 is 0 Å². The Kier molecular flexibility index (Phi) is 3.73. The number of aromatic nitrogens is 1. The van der Waals surface area contributed by atoms with Gasteiger partial charge in [0.2, 0.25) is 0 Å². The molecule has 0 aliphatic rings. The molecule has 0 aliphatic carbocycles. The molecule has 0 radical (unpaired) electrons. The van der Waals surface area contributed by atoms with Gasteiger partial charge in [-0.2, -0.15) is 0 Å². The highest BCUT2D eigenvalue weighted by Gasteiger charge is 2.18. The Labute approximate surface area is 148 Å². The number of nitrogens with zero attached hydrogens (tertiary/aromatic N) is 1. The summed E-state index contributed by atoms with van der Waals surface area (Å²) in [5, 5.41) is 0.929. The lowest BCUT2D eigenvalue weighted by Gasteiger charge is -2.09. The van der Waals surface area contributed by atoms with Gasteiger partial charge < -0.3 is 4.57 Å². The van der Waals surface area contributed by atoms with Crippen molar-refractivity contribution in [2.45, 2.75) is 0 Å². The monoisotopic (exact) mass is 379 g/mol. The molecular formula is C21H15BrFN. The van der Waals surface area contributed by atoms with Crippen LogP contribution in [0.15, 0.2) is 77.3 Å². The van der Waals surface area contributed by atoms with E-state index in [1.54, 1.807) is 6.07 Å². The fourth-order valence-corrected chi connectivity index (χ4v) is 3.52. The van der Waals surface area contributed by atoms with Crippen molar-refractivity contribution in [2.24, 2.45) is 7.05 Å². The Morgan fingerprint density at radius 3 is 2.25 bits per heavy atom. The van der Waals surface area contributed by atoms with E-state index in [9.17, 15) is 4.39 Å². The maximum atomic E-state index is 13.9. The summed E-state index contributed by atoms with van der Waals surface area (Å²) >= 11 is 3.48. The molecule has 0 saturated heterocycles. The molecule has 24 heavy (non-hydrogen) atoms. The zero-order chi connectivity index (χ0) is 16.7. The van der Waals surface area contributed by atoms with E-state index in [0.717, 1.165) is 37.8 Å². The van der Waals surface area contributed by atoms with Gasteiger partial charge in [0, 0.05) is 28.0 Å². The number of rotatable bonds is 2. The average molecular weight is 380 g/mol. The second-order valence-electron chi connectivity index (χ2n) is 5.82. The normalized spacial score (nSPS) is 11.1. The molecule has 0 amide bonds. The van der Waals surface area contributed by atoms with Crippen LogP contribution in [0.2, 0.25) is 0 Å². The van der Waals surface area contributed by atoms with Crippen molar-refractivity contribution in [2.75, 3.05) is 0 Å². The number of hydrogen-bond acceptors (Lipinski definition) is 0. The first kappa shape index (κ1) is 15.2. The molecule has 1 aromatic heterocycles. The summed E-state index contributed by atoms with van der Waals surface area (Å²) in [5.74, 6) is -0.217. The van der Waals surface area contributed by atoms with Crippen molar-refractivity contribution in [1.82, 2.24) is 4.57 Å². The van der Waals surface area contributed by atoms with Crippen molar-refractivity contribution in [1.29, 1.82) is 0 Å². The zero-order valence-electron chi connectivity index (χ0n) is 13.1. The lowest BCUT2D eigenvalue weighted by atomic mass is 9.98. The molecule has 0 N–H and O–H groups in total. The summed E-state index contributed by atoms with van der Waals surface area (Å²) < 4.78 is 17.1. The Morgan fingerprint density at radius 1 is 0.833 bits per heavy atom. The molecule has 1 heterocycles. The van der Waals surface area contributed by atoms with E-state index in [1.165, 1.54) is 6.07 Å². The maximum absolute atomic E-state index is 13.9. The van der Waals surface area contributed by atoms with E-state index >= 15 is 0 Å². The van der Waals surface area contributed by atoms with Crippen LogP contribution in [-0.4, -0.2) is 4.57 Å². The molecule has 3 aromatic carbocycles. The van der Waals surface area contributed by atoms with Crippen molar-refractivity contribution in [3.05, 3.63) is 83.1 Å². The van der Waals surface area contributed by atoms with E-state index in [4.69, 9.17) is 0 Å². The number of fused-ring (bicyclic) bond motifs is 1. The zero-order valence-corrected chi connectivity index (χ0v) is 14.7. The molecule has 0 unspecified atom stereocenters. The van der Waals surface area contributed by atoms with Crippen LogP contribution in [0.1, 0.15) is 0 Å². The van der Waals surface area contributed by atoms with Crippen LogP contribution < -0.4 is 0 Å². The largest absolute Gasteiger partial charge is 0.343 e. The molecule has 0 aliphatic heterocycles. The van der Waals surface area contributed by atoms with Crippen LogP contribution in [0.5, 0.6) is 0 Å². The molecule has 0 spiro atoms. The van der Waals surface area contributed by atoms with Gasteiger partial charge >= 0.3 is 0 Å². The predicted molar refractivity (Wildman–Crippen MR) is 101 cm³/mol. The van der Waals surface area contributed by atoms with Gasteiger partial charge in [0.05, 0.1) is 5.69 Å². The second-order valence-corrected chi connectivity index (χ2v) is 6.73. The van der Waals surface area contributed by atoms with Gasteiger partial charge in [-0.1, -0.05) is 58.4 Å². The molecule has 1 nitrogen and oxygen atoms in total. The molecule has 3 heteroatoms. The number of benzene rings is 3. The minimum Gasteiger partial charge on any atom is -0.343 e. The van der Waals surface area contributed by atoms with Crippen molar-refractivity contribution >= 4 is 26.8 Å². The topological polar surface area (TPSA) is 4.93 Å². The number of aryl methyl sites for hydroxylation is 1. The minimum atomic E-state index is -0.217. The molecule has 0 bridgehead atoms. The number of hydrogen-bond donors (Lipinski definition) is 0. The van der Waals surface area contributed by atoms with E-state index in [2.05, 4.69) is 44.8 Å². The van der Waals surface area contributed by atoms with Gasteiger partial charge in [-0.05, 0) is 41.5 Å².